The number of hydrogen-bond donors (Lipinski definition) is 2. The molecule has 2 aromatic carbocycles. The van der Waals surface area contributed by atoms with Crippen LogP contribution in [0.3, 0.4) is 0 Å². The van der Waals surface area contributed by atoms with E-state index in [2.05, 4.69) is 5.43 Å². The van der Waals surface area contributed by atoms with E-state index in [0.717, 1.165) is 5.56 Å². The van der Waals surface area contributed by atoms with Crippen molar-refractivity contribution in [3.05, 3.63) is 71.9 Å². The maximum Gasteiger partial charge on any atom is 0.270 e. The normalized spacial score (nSPS) is 10.5. The van der Waals surface area contributed by atoms with Crippen LogP contribution in [-0.4, -0.2) is 28.8 Å². The summed E-state index contributed by atoms with van der Waals surface area (Å²) in [6, 6.07) is 16.7. The monoisotopic (exact) mass is 379 g/mol. The molecule has 0 atom stereocenters. The second-order valence-corrected chi connectivity index (χ2v) is 6.13. The average Bonchev–Trinajstić information content (AvgIpc) is 3.09. The third-order valence-electron chi connectivity index (χ3n) is 4.28. The van der Waals surface area contributed by atoms with Crippen molar-refractivity contribution in [2.24, 2.45) is 0 Å². The summed E-state index contributed by atoms with van der Waals surface area (Å²) < 4.78 is 6.74. The summed E-state index contributed by atoms with van der Waals surface area (Å²) in [4.78, 5) is 23.5. The molecule has 0 fully saturated rings. The van der Waals surface area contributed by atoms with Crippen LogP contribution in [0.4, 0.5) is 0 Å². The number of methoxy groups -OCH3 is 1. The van der Waals surface area contributed by atoms with Crippen LogP contribution >= 0.6 is 0 Å². The Morgan fingerprint density at radius 1 is 1.04 bits per heavy atom. The Hall–Kier alpha value is -3.74. The van der Waals surface area contributed by atoms with E-state index in [9.17, 15) is 19.8 Å². The van der Waals surface area contributed by atoms with Gasteiger partial charge in [-0.2, -0.15) is 0 Å². The highest BCUT2D eigenvalue weighted by molar-refractivity contribution is 6.00. The van der Waals surface area contributed by atoms with Crippen molar-refractivity contribution in [2.75, 3.05) is 12.5 Å². The zero-order valence-electron chi connectivity index (χ0n) is 15.2. The highest BCUT2D eigenvalue weighted by Crippen LogP contribution is 2.25. The number of hydrogen-bond acceptors (Lipinski definition) is 5. The zero-order valence-corrected chi connectivity index (χ0v) is 15.2. The molecule has 3 rings (SSSR count). The maximum absolute atomic E-state index is 12.6. The fourth-order valence-electron chi connectivity index (χ4n) is 2.80. The van der Waals surface area contributed by atoms with Crippen molar-refractivity contribution in [1.29, 1.82) is 0 Å². The summed E-state index contributed by atoms with van der Waals surface area (Å²) in [5.74, 6) is -0.789. The number of benzene rings is 2. The molecule has 0 aliphatic heterocycles. The molecule has 1 amide bonds. The Balaban J connectivity index is 1.94. The molecule has 0 unspecified atom stereocenters. The summed E-state index contributed by atoms with van der Waals surface area (Å²) in [5.41, 5.74) is 5.31. The van der Waals surface area contributed by atoms with Crippen LogP contribution in [0.15, 0.2) is 60.7 Å². The fourth-order valence-corrected chi connectivity index (χ4v) is 2.80. The molecule has 3 aromatic rings. The van der Waals surface area contributed by atoms with Gasteiger partial charge in [0.15, 0.2) is 0 Å². The second-order valence-electron chi connectivity index (χ2n) is 6.13. The molecule has 0 aliphatic carbocycles. The predicted octanol–water partition coefficient (Wildman–Crippen LogP) is 1.94. The first kappa shape index (κ1) is 19.0. The maximum atomic E-state index is 12.6. The lowest BCUT2D eigenvalue weighted by Crippen LogP contribution is -2.27. The summed E-state index contributed by atoms with van der Waals surface area (Å²) in [5, 5.41) is 20.2. The van der Waals surface area contributed by atoms with Gasteiger partial charge in [0, 0.05) is 22.8 Å². The molecular formula is C21H19N2O5-. The zero-order chi connectivity index (χ0) is 20.1. The molecule has 7 heteroatoms. The van der Waals surface area contributed by atoms with E-state index in [1.807, 2.05) is 18.2 Å². The van der Waals surface area contributed by atoms with Crippen LogP contribution in [0.25, 0.3) is 11.3 Å². The number of nitrogens with zero attached hydrogens (tertiary/aromatic N) is 1. The van der Waals surface area contributed by atoms with Crippen LogP contribution in [0.1, 0.15) is 22.5 Å². The smallest absolute Gasteiger partial charge is 0.270 e. The highest BCUT2D eigenvalue weighted by atomic mass is 16.5. The quantitative estimate of drug-likeness (QED) is 0.653. The van der Waals surface area contributed by atoms with Gasteiger partial charge in [0.05, 0.1) is 12.8 Å². The lowest BCUT2D eigenvalue weighted by molar-refractivity contribution is -0.305. The molecule has 2 N–H and O–H groups in total. The number of carboxylic acids is 1. The topological polar surface area (TPSA) is 104 Å². The molecule has 144 valence electrons. The molecule has 1 heterocycles. The molecule has 0 bridgehead atoms. The van der Waals surface area contributed by atoms with Gasteiger partial charge in [0.1, 0.15) is 11.5 Å². The summed E-state index contributed by atoms with van der Waals surface area (Å²) in [6.07, 6.45) is 0.0372. The first-order chi connectivity index (χ1) is 13.5. The first-order valence-electron chi connectivity index (χ1n) is 8.63. The number of nitrogens with one attached hydrogen (secondary N) is 1. The number of ether oxygens (including phenoxy) is 1. The number of aliphatic carboxylic acids is 1. The second kappa shape index (κ2) is 8.30. The molecule has 0 radical (unpaired) electrons. The molecule has 0 aliphatic rings. The molecule has 0 saturated carbocycles. The van der Waals surface area contributed by atoms with Crippen LogP contribution in [0, 0.1) is 0 Å². The highest BCUT2D eigenvalue weighted by Gasteiger charge is 2.14. The Bertz CT molecular complexity index is 975. The average molecular weight is 379 g/mol. The van der Waals surface area contributed by atoms with E-state index < -0.39 is 5.97 Å². The number of amides is 1. The van der Waals surface area contributed by atoms with Crippen molar-refractivity contribution >= 4 is 11.9 Å². The Kier molecular flexibility index (Phi) is 5.64. The molecule has 0 saturated heterocycles. The van der Waals surface area contributed by atoms with E-state index in [1.54, 1.807) is 30.0 Å². The Morgan fingerprint density at radius 2 is 1.71 bits per heavy atom. The SMILES string of the molecule is COc1ccc(-c2ccc(CCC(=O)[O-])n2NC(=O)c2ccc(O)cc2)cc1. The summed E-state index contributed by atoms with van der Waals surface area (Å²) in [6.45, 7) is 0. The minimum absolute atomic E-state index is 0.0612. The number of aromatic nitrogens is 1. The lowest BCUT2D eigenvalue weighted by atomic mass is 10.1. The number of carbonyl (C=O) groups excluding carboxylic acids is 2. The van der Waals surface area contributed by atoms with Crippen LogP contribution < -0.4 is 15.3 Å². The number of aryl methyl sites for hydroxylation is 1. The van der Waals surface area contributed by atoms with Crippen molar-refractivity contribution in [1.82, 2.24) is 4.68 Å². The van der Waals surface area contributed by atoms with Crippen molar-refractivity contribution < 1.29 is 24.5 Å². The summed E-state index contributed by atoms with van der Waals surface area (Å²) >= 11 is 0. The van der Waals surface area contributed by atoms with Crippen LogP contribution in [-0.2, 0) is 11.2 Å². The van der Waals surface area contributed by atoms with E-state index >= 15 is 0 Å². The van der Waals surface area contributed by atoms with Gasteiger partial charge in [-0.25, -0.2) is 0 Å². The Labute approximate surface area is 161 Å². The molecule has 28 heavy (non-hydrogen) atoms. The molecular weight excluding hydrogens is 360 g/mol. The van der Waals surface area contributed by atoms with Gasteiger partial charge >= 0.3 is 0 Å². The van der Waals surface area contributed by atoms with Gasteiger partial charge in [-0.15, -0.1) is 0 Å². The third-order valence-corrected chi connectivity index (χ3v) is 4.28. The van der Waals surface area contributed by atoms with Gasteiger partial charge in [-0.3, -0.25) is 14.9 Å². The molecule has 1 aromatic heterocycles. The van der Waals surface area contributed by atoms with Gasteiger partial charge in [0.2, 0.25) is 0 Å². The minimum Gasteiger partial charge on any atom is -0.550 e. The van der Waals surface area contributed by atoms with E-state index in [1.165, 1.54) is 24.3 Å². The lowest BCUT2D eigenvalue weighted by Gasteiger charge is -2.16. The van der Waals surface area contributed by atoms with Gasteiger partial charge in [-0.1, -0.05) is 0 Å². The van der Waals surface area contributed by atoms with Crippen LogP contribution in [0.5, 0.6) is 11.5 Å². The standard InChI is InChI=1S/C21H20N2O5/c1-28-18-10-4-14(5-11-18)19-12-6-16(7-13-20(25)26)23(19)22-21(27)15-2-8-17(24)9-3-15/h2-6,8-12,24H,7,13H2,1H3,(H,22,27)(H,25,26)/p-1. The van der Waals surface area contributed by atoms with Crippen molar-refractivity contribution in [3.63, 3.8) is 0 Å². The van der Waals surface area contributed by atoms with Gasteiger partial charge in [0.25, 0.3) is 5.91 Å². The fraction of sp³-hybridized carbons (Fsp3) is 0.143. The Morgan fingerprint density at radius 3 is 2.32 bits per heavy atom. The predicted molar refractivity (Wildman–Crippen MR) is 102 cm³/mol. The van der Waals surface area contributed by atoms with E-state index in [0.29, 0.717) is 22.7 Å². The van der Waals surface area contributed by atoms with E-state index in [4.69, 9.17) is 4.74 Å². The van der Waals surface area contributed by atoms with Crippen molar-refractivity contribution in [3.8, 4) is 22.8 Å². The summed E-state index contributed by atoms with van der Waals surface area (Å²) in [7, 11) is 1.58. The minimum atomic E-state index is -1.16. The first-order valence-corrected chi connectivity index (χ1v) is 8.63. The number of phenols is 1. The van der Waals surface area contributed by atoms with Crippen LogP contribution in [0.2, 0.25) is 0 Å². The largest absolute Gasteiger partial charge is 0.550 e. The molecule has 7 nitrogen and oxygen atoms in total. The molecule has 0 spiro atoms. The van der Waals surface area contributed by atoms with Gasteiger partial charge in [-0.05, 0) is 73.5 Å². The number of aromatic hydroxyl groups is 1. The van der Waals surface area contributed by atoms with Crippen molar-refractivity contribution in [2.45, 2.75) is 12.8 Å². The number of carboxylic acid groups (broad SMARTS) is 1. The number of rotatable bonds is 7. The number of phenolic OH excluding ortho intramolecular Hbond substituents is 1. The van der Waals surface area contributed by atoms with Gasteiger partial charge < -0.3 is 19.7 Å². The number of carbonyl (C=O) groups is 2. The third kappa shape index (κ3) is 4.32. The van der Waals surface area contributed by atoms with E-state index in [-0.39, 0.29) is 24.5 Å².